The number of hydrazone groups is 1. The van der Waals surface area contributed by atoms with Gasteiger partial charge < -0.3 is 15.2 Å². The van der Waals surface area contributed by atoms with E-state index < -0.39 is 6.04 Å². The number of aromatic hydroxyl groups is 1. The molecule has 1 amide bonds. The molecule has 6 heteroatoms. The van der Waals surface area contributed by atoms with Crippen LogP contribution in [0.2, 0.25) is 0 Å². The molecular formula is C18H21N3O3. The van der Waals surface area contributed by atoms with Gasteiger partial charge in [0.15, 0.2) is 11.5 Å². The number of hydrogen-bond donors (Lipinski definition) is 3. The Bertz CT molecular complexity index is 727. The Morgan fingerprint density at radius 3 is 2.62 bits per heavy atom. The zero-order valence-electron chi connectivity index (χ0n) is 13.9. The van der Waals surface area contributed by atoms with Crippen LogP contribution in [0.25, 0.3) is 0 Å². The van der Waals surface area contributed by atoms with Crippen LogP contribution in [-0.2, 0) is 4.79 Å². The molecule has 126 valence electrons. The van der Waals surface area contributed by atoms with E-state index in [1.54, 1.807) is 19.1 Å². The lowest BCUT2D eigenvalue weighted by atomic mass is 10.2. The summed E-state index contributed by atoms with van der Waals surface area (Å²) in [6.45, 7) is 3.77. The van der Waals surface area contributed by atoms with Crippen LogP contribution >= 0.6 is 0 Å². The third-order valence-electron chi connectivity index (χ3n) is 3.42. The van der Waals surface area contributed by atoms with E-state index in [0.29, 0.717) is 11.3 Å². The molecule has 0 aliphatic heterocycles. The monoisotopic (exact) mass is 327 g/mol. The highest BCUT2D eigenvalue weighted by atomic mass is 16.5. The van der Waals surface area contributed by atoms with E-state index in [2.05, 4.69) is 15.8 Å². The predicted molar refractivity (Wildman–Crippen MR) is 94.7 cm³/mol. The molecule has 0 spiro atoms. The molecule has 1 unspecified atom stereocenters. The van der Waals surface area contributed by atoms with Crippen molar-refractivity contribution in [2.75, 3.05) is 12.4 Å². The van der Waals surface area contributed by atoms with Gasteiger partial charge in [-0.3, -0.25) is 4.79 Å². The number of amides is 1. The molecule has 2 rings (SSSR count). The first-order chi connectivity index (χ1) is 11.5. The molecular weight excluding hydrogens is 306 g/mol. The molecule has 2 aromatic carbocycles. The first-order valence-corrected chi connectivity index (χ1v) is 7.52. The summed E-state index contributed by atoms with van der Waals surface area (Å²) in [5.41, 5.74) is 5.21. The number of nitrogens with one attached hydrogen (secondary N) is 2. The van der Waals surface area contributed by atoms with Crippen molar-refractivity contribution in [1.82, 2.24) is 5.43 Å². The second-order valence-corrected chi connectivity index (χ2v) is 5.40. The molecule has 0 fully saturated rings. The summed E-state index contributed by atoms with van der Waals surface area (Å²) in [4.78, 5) is 12.0. The fourth-order valence-corrected chi connectivity index (χ4v) is 2.01. The van der Waals surface area contributed by atoms with Crippen LogP contribution in [0, 0.1) is 6.92 Å². The fourth-order valence-electron chi connectivity index (χ4n) is 2.01. The lowest BCUT2D eigenvalue weighted by Gasteiger charge is -2.13. The molecule has 0 saturated heterocycles. The smallest absolute Gasteiger partial charge is 0.262 e. The van der Waals surface area contributed by atoms with E-state index in [1.807, 2.05) is 31.2 Å². The molecule has 0 aromatic heterocycles. The summed E-state index contributed by atoms with van der Waals surface area (Å²) < 4.78 is 5.02. The van der Waals surface area contributed by atoms with Gasteiger partial charge in [0, 0.05) is 5.69 Å². The third kappa shape index (κ3) is 4.74. The zero-order valence-corrected chi connectivity index (χ0v) is 13.9. The first kappa shape index (κ1) is 17.3. The number of phenols is 1. The Labute approximate surface area is 141 Å². The van der Waals surface area contributed by atoms with Crippen LogP contribution in [0.4, 0.5) is 5.69 Å². The van der Waals surface area contributed by atoms with Crippen molar-refractivity contribution >= 4 is 17.8 Å². The van der Waals surface area contributed by atoms with Crippen molar-refractivity contribution < 1.29 is 14.6 Å². The number of hydrogen-bond acceptors (Lipinski definition) is 5. The van der Waals surface area contributed by atoms with Gasteiger partial charge in [-0.1, -0.05) is 17.7 Å². The molecule has 24 heavy (non-hydrogen) atoms. The van der Waals surface area contributed by atoms with Crippen molar-refractivity contribution in [2.45, 2.75) is 19.9 Å². The van der Waals surface area contributed by atoms with Gasteiger partial charge in [-0.25, -0.2) is 5.43 Å². The molecule has 1 atom stereocenters. The predicted octanol–water partition coefficient (Wildman–Crippen LogP) is 2.66. The second kappa shape index (κ2) is 8.01. The number of carbonyl (C=O) groups is 1. The van der Waals surface area contributed by atoms with Crippen LogP contribution in [-0.4, -0.2) is 30.4 Å². The molecule has 0 aliphatic rings. The minimum atomic E-state index is -0.431. The molecule has 0 radical (unpaired) electrons. The van der Waals surface area contributed by atoms with Crippen LogP contribution in [0.5, 0.6) is 11.5 Å². The van der Waals surface area contributed by atoms with Crippen molar-refractivity contribution in [3.05, 3.63) is 53.6 Å². The number of anilines is 1. The number of ether oxygens (including phenoxy) is 1. The average molecular weight is 327 g/mol. The summed E-state index contributed by atoms with van der Waals surface area (Å²) in [7, 11) is 1.47. The lowest BCUT2D eigenvalue weighted by molar-refractivity contribution is -0.121. The molecule has 0 aliphatic carbocycles. The summed E-state index contributed by atoms with van der Waals surface area (Å²) in [5.74, 6) is 0.145. The Hall–Kier alpha value is -3.02. The third-order valence-corrected chi connectivity index (χ3v) is 3.42. The van der Waals surface area contributed by atoms with Crippen LogP contribution in [0.3, 0.4) is 0 Å². The molecule has 2 aromatic rings. The number of nitrogens with zero attached hydrogens (tertiary/aromatic N) is 1. The number of rotatable bonds is 6. The Morgan fingerprint density at radius 2 is 1.96 bits per heavy atom. The average Bonchev–Trinajstić information content (AvgIpc) is 2.58. The van der Waals surface area contributed by atoms with E-state index in [9.17, 15) is 9.90 Å². The maximum absolute atomic E-state index is 12.0. The molecule has 0 heterocycles. The highest BCUT2D eigenvalue weighted by Crippen LogP contribution is 2.25. The Balaban J connectivity index is 1.90. The van der Waals surface area contributed by atoms with Gasteiger partial charge >= 0.3 is 0 Å². The largest absolute Gasteiger partial charge is 0.504 e. The molecule has 0 saturated carbocycles. The van der Waals surface area contributed by atoms with Gasteiger partial charge in [0.25, 0.3) is 5.91 Å². The first-order valence-electron chi connectivity index (χ1n) is 7.52. The highest BCUT2D eigenvalue weighted by Gasteiger charge is 2.11. The van der Waals surface area contributed by atoms with E-state index >= 15 is 0 Å². The van der Waals surface area contributed by atoms with Crippen LogP contribution in [0.1, 0.15) is 18.1 Å². The summed E-state index contributed by atoms with van der Waals surface area (Å²) >= 11 is 0. The molecule has 0 bridgehead atoms. The number of benzene rings is 2. The molecule has 3 N–H and O–H groups in total. The van der Waals surface area contributed by atoms with Gasteiger partial charge in [0.2, 0.25) is 0 Å². The number of aryl methyl sites for hydroxylation is 1. The minimum absolute atomic E-state index is 0.0506. The quantitative estimate of drug-likeness (QED) is 0.563. The van der Waals surface area contributed by atoms with Crippen molar-refractivity contribution in [1.29, 1.82) is 0 Å². The maximum Gasteiger partial charge on any atom is 0.262 e. The van der Waals surface area contributed by atoms with E-state index in [1.165, 1.54) is 19.4 Å². The van der Waals surface area contributed by atoms with Crippen molar-refractivity contribution in [3.8, 4) is 11.5 Å². The lowest BCUT2D eigenvalue weighted by Crippen LogP contribution is -2.34. The standard InChI is InChI=1S/C18H21N3O3/c1-12-4-7-15(8-5-12)20-13(2)18(23)21-19-11-14-6-9-16(22)17(10-14)24-3/h4-11,13,20,22H,1-3H3,(H,21,23)/b19-11+. The van der Waals surface area contributed by atoms with E-state index in [-0.39, 0.29) is 11.7 Å². The van der Waals surface area contributed by atoms with Crippen LogP contribution in [0.15, 0.2) is 47.6 Å². The molecule has 6 nitrogen and oxygen atoms in total. The minimum Gasteiger partial charge on any atom is -0.504 e. The summed E-state index contributed by atoms with van der Waals surface area (Å²) in [6, 6.07) is 12.2. The number of carbonyl (C=O) groups excluding carboxylic acids is 1. The van der Waals surface area contributed by atoms with Crippen molar-refractivity contribution in [3.63, 3.8) is 0 Å². The van der Waals surface area contributed by atoms with Crippen molar-refractivity contribution in [2.24, 2.45) is 5.10 Å². The van der Waals surface area contributed by atoms with Gasteiger partial charge in [0.1, 0.15) is 6.04 Å². The Morgan fingerprint density at radius 1 is 1.25 bits per heavy atom. The number of methoxy groups -OCH3 is 1. The maximum atomic E-state index is 12.0. The van der Waals surface area contributed by atoms with Gasteiger partial charge in [-0.05, 0) is 49.7 Å². The van der Waals surface area contributed by atoms with Gasteiger partial charge in [0.05, 0.1) is 13.3 Å². The van der Waals surface area contributed by atoms with Gasteiger partial charge in [-0.15, -0.1) is 0 Å². The zero-order chi connectivity index (χ0) is 17.5. The fraction of sp³-hybridized carbons (Fsp3) is 0.222. The summed E-state index contributed by atoms with van der Waals surface area (Å²) in [6.07, 6.45) is 1.48. The highest BCUT2D eigenvalue weighted by molar-refractivity contribution is 5.86. The second-order valence-electron chi connectivity index (χ2n) is 5.40. The SMILES string of the molecule is COc1cc(/C=N/NC(=O)C(C)Nc2ccc(C)cc2)ccc1O. The van der Waals surface area contributed by atoms with E-state index in [0.717, 1.165) is 11.3 Å². The van der Waals surface area contributed by atoms with E-state index in [4.69, 9.17) is 4.74 Å². The van der Waals surface area contributed by atoms with Gasteiger partial charge in [-0.2, -0.15) is 5.10 Å². The van der Waals surface area contributed by atoms with Crippen LogP contribution < -0.4 is 15.5 Å². The Kier molecular flexibility index (Phi) is 5.78. The number of phenolic OH excluding ortho intramolecular Hbond substituents is 1. The normalized spacial score (nSPS) is 12.0. The summed E-state index contributed by atoms with van der Waals surface area (Å²) in [5, 5.41) is 16.6. The topological polar surface area (TPSA) is 83.0 Å².